The van der Waals surface area contributed by atoms with E-state index in [4.69, 9.17) is 0 Å². The molecule has 0 bridgehead atoms. The molecule has 1 amide bonds. The minimum absolute atomic E-state index is 0.166. The fourth-order valence-corrected chi connectivity index (χ4v) is 4.08. The van der Waals surface area contributed by atoms with E-state index < -0.39 is 11.8 Å². The Labute approximate surface area is 134 Å². The summed E-state index contributed by atoms with van der Waals surface area (Å²) in [4.78, 5) is 26.4. The predicted octanol–water partition coefficient (Wildman–Crippen LogP) is 3.01. The summed E-state index contributed by atoms with van der Waals surface area (Å²) in [5.74, 6) is -1.97. The summed E-state index contributed by atoms with van der Waals surface area (Å²) in [6.07, 6.45) is 8.71. The van der Waals surface area contributed by atoms with Crippen LogP contribution in [-0.2, 0) is 17.6 Å². The maximum Gasteiger partial charge on any atom is 0.245 e. The van der Waals surface area contributed by atoms with E-state index in [9.17, 15) is 14.9 Å². The van der Waals surface area contributed by atoms with Crippen LogP contribution in [0.1, 0.15) is 58.6 Å². The van der Waals surface area contributed by atoms with Crippen LogP contribution in [0.15, 0.2) is 6.07 Å². The molecule has 2 aliphatic carbocycles. The maximum absolute atomic E-state index is 12.5. The number of nitrogens with one attached hydrogen (secondary N) is 1. The third-order valence-corrected chi connectivity index (χ3v) is 5.57. The third kappa shape index (κ3) is 3.38. The molecule has 4 nitrogen and oxygen atoms in total. The number of ketones is 1. The maximum atomic E-state index is 12.5. The van der Waals surface area contributed by atoms with Gasteiger partial charge >= 0.3 is 0 Å². The van der Waals surface area contributed by atoms with E-state index in [1.807, 2.05) is 12.1 Å². The Kier molecular flexibility index (Phi) is 4.58. The second-order valence-electron chi connectivity index (χ2n) is 6.18. The highest BCUT2D eigenvalue weighted by atomic mass is 32.1. The molecule has 1 saturated carbocycles. The van der Waals surface area contributed by atoms with Crippen molar-refractivity contribution in [2.24, 2.45) is 5.92 Å². The van der Waals surface area contributed by atoms with E-state index in [1.54, 1.807) is 0 Å². The van der Waals surface area contributed by atoms with Crippen LogP contribution >= 0.6 is 11.3 Å². The zero-order valence-corrected chi connectivity index (χ0v) is 13.4. The standard InChI is InChI=1S/C17H20N2O2S/c18-10-13(17(21)19-12-7-8-12)16(20)15-9-11-5-3-1-2-4-6-14(11)22-15/h9,12-13H,1-8H2,(H,19,21)/t13-/m0/s1. The lowest BCUT2D eigenvalue weighted by molar-refractivity contribution is -0.122. The van der Waals surface area contributed by atoms with Gasteiger partial charge in [0.05, 0.1) is 10.9 Å². The Morgan fingerprint density at radius 1 is 1.23 bits per heavy atom. The van der Waals surface area contributed by atoms with Crippen molar-refractivity contribution in [3.05, 3.63) is 21.4 Å². The number of carbonyl (C=O) groups is 2. The summed E-state index contributed by atoms with van der Waals surface area (Å²) < 4.78 is 0. The van der Waals surface area contributed by atoms with Gasteiger partial charge in [0.1, 0.15) is 0 Å². The lowest BCUT2D eigenvalue weighted by atomic mass is 9.98. The molecule has 1 aromatic rings. The van der Waals surface area contributed by atoms with Crippen molar-refractivity contribution in [2.45, 2.75) is 57.4 Å². The molecule has 3 rings (SSSR count). The van der Waals surface area contributed by atoms with Gasteiger partial charge in [-0.15, -0.1) is 11.3 Å². The molecule has 1 N–H and O–H groups in total. The van der Waals surface area contributed by atoms with Crippen molar-refractivity contribution in [2.75, 3.05) is 0 Å². The Bertz CT molecular complexity index is 600. The monoisotopic (exact) mass is 316 g/mol. The van der Waals surface area contributed by atoms with Crippen molar-refractivity contribution >= 4 is 23.0 Å². The van der Waals surface area contributed by atoms with Crippen molar-refractivity contribution in [3.8, 4) is 6.07 Å². The van der Waals surface area contributed by atoms with Crippen LogP contribution in [-0.4, -0.2) is 17.7 Å². The average molecular weight is 316 g/mol. The number of fused-ring (bicyclic) bond motifs is 1. The van der Waals surface area contributed by atoms with Gasteiger partial charge < -0.3 is 5.32 Å². The highest BCUT2D eigenvalue weighted by Gasteiger charge is 2.33. The number of Topliss-reactive ketones (excluding diaryl/α,β-unsaturated/α-hetero) is 1. The molecule has 116 valence electrons. The minimum atomic E-state index is -1.20. The minimum Gasteiger partial charge on any atom is -0.352 e. The molecule has 22 heavy (non-hydrogen) atoms. The zero-order valence-electron chi connectivity index (χ0n) is 12.6. The molecule has 1 aromatic heterocycles. The molecule has 0 aromatic carbocycles. The number of hydrogen-bond donors (Lipinski definition) is 1. The fourth-order valence-electron chi connectivity index (χ4n) is 2.86. The third-order valence-electron chi connectivity index (χ3n) is 4.32. The van der Waals surface area contributed by atoms with Crippen LogP contribution in [0.5, 0.6) is 0 Å². The van der Waals surface area contributed by atoms with E-state index >= 15 is 0 Å². The van der Waals surface area contributed by atoms with Crippen molar-refractivity contribution in [1.29, 1.82) is 5.26 Å². The summed E-state index contributed by atoms with van der Waals surface area (Å²) in [5, 5.41) is 12.0. The summed E-state index contributed by atoms with van der Waals surface area (Å²) in [6, 6.07) is 3.97. The Morgan fingerprint density at radius 3 is 2.64 bits per heavy atom. The second-order valence-corrected chi connectivity index (χ2v) is 7.32. The molecule has 0 spiro atoms. The van der Waals surface area contributed by atoms with Crippen LogP contribution in [0.25, 0.3) is 0 Å². The molecule has 1 fully saturated rings. The van der Waals surface area contributed by atoms with E-state index in [2.05, 4.69) is 5.32 Å². The van der Waals surface area contributed by atoms with Crippen LogP contribution in [0.4, 0.5) is 0 Å². The summed E-state index contributed by atoms with van der Waals surface area (Å²) in [6.45, 7) is 0. The van der Waals surface area contributed by atoms with E-state index in [0.29, 0.717) is 4.88 Å². The number of amides is 1. The highest BCUT2D eigenvalue weighted by molar-refractivity contribution is 7.14. The number of aryl methyl sites for hydroxylation is 2. The average Bonchev–Trinajstić information content (AvgIpc) is 3.20. The predicted molar refractivity (Wildman–Crippen MR) is 84.8 cm³/mol. The molecule has 5 heteroatoms. The van der Waals surface area contributed by atoms with Crippen LogP contribution < -0.4 is 5.32 Å². The van der Waals surface area contributed by atoms with Crippen molar-refractivity contribution in [3.63, 3.8) is 0 Å². The quantitative estimate of drug-likeness (QED) is 0.685. The van der Waals surface area contributed by atoms with Crippen LogP contribution in [0, 0.1) is 17.2 Å². The Morgan fingerprint density at radius 2 is 1.95 bits per heavy atom. The lowest BCUT2D eigenvalue weighted by Gasteiger charge is -2.07. The van der Waals surface area contributed by atoms with Gasteiger partial charge in [-0.05, 0) is 50.2 Å². The first-order valence-corrected chi connectivity index (χ1v) is 8.86. The second kappa shape index (κ2) is 6.62. The molecule has 0 aliphatic heterocycles. The van der Waals surface area contributed by atoms with Crippen LogP contribution in [0.2, 0.25) is 0 Å². The van der Waals surface area contributed by atoms with Crippen LogP contribution in [0.3, 0.4) is 0 Å². The van der Waals surface area contributed by atoms with Gasteiger partial charge in [-0.2, -0.15) is 5.26 Å². The van der Waals surface area contributed by atoms with Gasteiger partial charge in [-0.3, -0.25) is 9.59 Å². The molecule has 0 radical (unpaired) electrons. The number of carbonyl (C=O) groups excluding carboxylic acids is 2. The van der Waals surface area contributed by atoms with Crippen molar-refractivity contribution < 1.29 is 9.59 Å². The summed E-state index contributed by atoms with van der Waals surface area (Å²) in [5.41, 5.74) is 1.24. The Balaban J connectivity index is 1.76. The van der Waals surface area contributed by atoms with Gasteiger partial charge in [0.2, 0.25) is 5.91 Å². The number of nitriles is 1. The Hall–Kier alpha value is -1.67. The van der Waals surface area contributed by atoms with Gasteiger partial charge in [-0.25, -0.2) is 0 Å². The van der Waals surface area contributed by atoms with Gasteiger partial charge in [0, 0.05) is 10.9 Å². The number of rotatable bonds is 4. The fraction of sp³-hybridized carbons (Fsp3) is 0.588. The van der Waals surface area contributed by atoms with Crippen molar-refractivity contribution in [1.82, 2.24) is 5.32 Å². The van der Waals surface area contributed by atoms with Gasteiger partial charge in [0.15, 0.2) is 11.7 Å². The number of nitrogens with zero attached hydrogens (tertiary/aromatic N) is 1. The number of thiophene rings is 1. The normalized spacial score (nSPS) is 19.2. The molecule has 0 saturated heterocycles. The van der Waals surface area contributed by atoms with Gasteiger partial charge in [-0.1, -0.05) is 12.8 Å². The molecule has 2 aliphatic rings. The number of hydrogen-bond acceptors (Lipinski definition) is 4. The first-order chi connectivity index (χ1) is 10.7. The molecular formula is C17H20N2O2S. The largest absolute Gasteiger partial charge is 0.352 e. The van der Waals surface area contributed by atoms with E-state index in [-0.39, 0.29) is 11.8 Å². The molecule has 0 unspecified atom stereocenters. The first-order valence-electron chi connectivity index (χ1n) is 8.05. The molecule has 1 heterocycles. The molecule has 1 atom stereocenters. The van der Waals surface area contributed by atoms with E-state index in [1.165, 1.54) is 34.6 Å². The van der Waals surface area contributed by atoms with Gasteiger partial charge in [0.25, 0.3) is 0 Å². The first kappa shape index (κ1) is 15.2. The zero-order chi connectivity index (χ0) is 15.5. The summed E-state index contributed by atoms with van der Waals surface area (Å²) >= 11 is 1.48. The topological polar surface area (TPSA) is 70.0 Å². The smallest absolute Gasteiger partial charge is 0.245 e. The van der Waals surface area contributed by atoms with E-state index in [0.717, 1.165) is 38.5 Å². The highest BCUT2D eigenvalue weighted by Crippen LogP contribution is 2.30. The summed E-state index contributed by atoms with van der Waals surface area (Å²) in [7, 11) is 0. The lowest BCUT2D eigenvalue weighted by Crippen LogP contribution is -2.35. The molecular weight excluding hydrogens is 296 g/mol. The SMILES string of the molecule is N#C[C@H](C(=O)NC1CC1)C(=O)c1cc2c(s1)CCCCCC2.